The molecule has 2 fully saturated rings. The van der Waals surface area contributed by atoms with Crippen LogP contribution in [0, 0.1) is 6.92 Å². The fourth-order valence-electron chi connectivity index (χ4n) is 3.77. The van der Waals surface area contributed by atoms with Gasteiger partial charge in [-0.3, -0.25) is 9.69 Å². The average molecular weight is 337 g/mol. The molecule has 5 nitrogen and oxygen atoms in total. The number of amides is 1. The number of carbonyl (C=O) groups excluding carboxylic acids is 1. The molecule has 0 saturated carbocycles. The Balaban J connectivity index is 1.56. The first-order valence-electron chi connectivity index (χ1n) is 8.58. The molecule has 6 heteroatoms. The van der Waals surface area contributed by atoms with Gasteiger partial charge in [0, 0.05) is 50.1 Å². The van der Waals surface area contributed by atoms with E-state index in [2.05, 4.69) is 16.8 Å². The summed E-state index contributed by atoms with van der Waals surface area (Å²) in [7, 11) is 0. The molecule has 1 aromatic rings. The van der Waals surface area contributed by atoms with Crippen molar-refractivity contribution in [3.63, 3.8) is 0 Å². The van der Waals surface area contributed by atoms with Crippen molar-refractivity contribution in [3.05, 3.63) is 16.1 Å². The van der Waals surface area contributed by atoms with E-state index in [0.29, 0.717) is 31.8 Å². The van der Waals surface area contributed by atoms with Crippen molar-refractivity contribution >= 4 is 17.2 Å². The SMILES string of the molecule is CC(=O)N1CCC(O)(CN2CCCC(c3ncc(C)s3)C2)CC1. The third-order valence-corrected chi connectivity index (χ3v) is 6.23. The number of thiazole rings is 1. The zero-order valence-corrected chi connectivity index (χ0v) is 14.9. The molecule has 1 aromatic heterocycles. The van der Waals surface area contributed by atoms with Crippen LogP contribution in [-0.4, -0.2) is 64.1 Å². The van der Waals surface area contributed by atoms with Crippen LogP contribution < -0.4 is 0 Å². The smallest absolute Gasteiger partial charge is 0.219 e. The Morgan fingerprint density at radius 1 is 1.43 bits per heavy atom. The largest absolute Gasteiger partial charge is 0.388 e. The number of hydrogen-bond acceptors (Lipinski definition) is 5. The predicted molar refractivity (Wildman–Crippen MR) is 91.7 cm³/mol. The van der Waals surface area contributed by atoms with Gasteiger partial charge in [-0.15, -0.1) is 11.3 Å². The van der Waals surface area contributed by atoms with Crippen LogP contribution in [0.1, 0.15) is 48.4 Å². The lowest BCUT2D eigenvalue weighted by Crippen LogP contribution is -2.53. The van der Waals surface area contributed by atoms with Crippen molar-refractivity contribution in [1.29, 1.82) is 0 Å². The minimum Gasteiger partial charge on any atom is -0.388 e. The van der Waals surface area contributed by atoms with Crippen LogP contribution in [0.5, 0.6) is 0 Å². The first-order valence-corrected chi connectivity index (χ1v) is 9.39. The van der Waals surface area contributed by atoms with Gasteiger partial charge >= 0.3 is 0 Å². The summed E-state index contributed by atoms with van der Waals surface area (Å²) in [4.78, 5) is 21.5. The highest BCUT2D eigenvalue weighted by atomic mass is 32.1. The van der Waals surface area contributed by atoms with Gasteiger partial charge in [0.05, 0.1) is 10.6 Å². The minimum atomic E-state index is -0.646. The van der Waals surface area contributed by atoms with Crippen molar-refractivity contribution < 1.29 is 9.90 Å². The van der Waals surface area contributed by atoms with Crippen molar-refractivity contribution in [2.45, 2.75) is 51.0 Å². The lowest BCUT2D eigenvalue weighted by Gasteiger charge is -2.42. The second-order valence-electron chi connectivity index (χ2n) is 7.11. The fourth-order valence-corrected chi connectivity index (χ4v) is 4.67. The highest BCUT2D eigenvalue weighted by molar-refractivity contribution is 7.11. The van der Waals surface area contributed by atoms with Crippen molar-refractivity contribution in [2.24, 2.45) is 0 Å². The Kier molecular flexibility index (Phi) is 5.04. The topological polar surface area (TPSA) is 56.7 Å². The van der Waals surface area contributed by atoms with Gasteiger partial charge in [0.25, 0.3) is 0 Å². The van der Waals surface area contributed by atoms with E-state index in [4.69, 9.17) is 0 Å². The molecule has 1 atom stereocenters. The maximum absolute atomic E-state index is 11.4. The first-order chi connectivity index (χ1) is 11.0. The standard InChI is InChI=1S/C17H27N3O2S/c1-13-10-18-16(23-13)15-4-3-7-19(11-15)12-17(22)5-8-20(9-6-17)14(2)21/h10,15,22H,3-9,11-12H2,1-2H3. The second kappa shape index (κ2) is 6.87. The van der Waals surface area contributed by atoms with Gasteiger partial charge in [-0.2, -0.15) is 0 Å². The summed E-state index contributed by atoms with van der Waals surface area (Å²) in [6.45, 7) is 7.83. The number of rotatable bonds is 3. The van der Waals surface area contributed by atoms with Gasteiger partial charge < -0.3 is 10.0 Å². The number of β-amino-alcohol motifs (C(OH)–C–C–N with tert-alkyl or cyclic N) is 1. The van der Waals surface area contributed by atoms with Crippen LogP contribution in [0.2, 0.25) is 0 Å². The number of hydrogen-bond donors (Lipinski definition) is 1. The summed E-state index contributed by atoms with van der Waals surface area (Å²) in [5.74, 6) is 0.618. The molecule has 3 rings (SSSR count). The molecule has 0 spiro atoms. The van der Waals surface area contributed by atoms with Crippen LogP contribution in [0.15, 0.2) is 6.20 Å². The first kappa shape index (κ1) is 16.9. The van der Waals surface area contributed by atoms with Gasteiger partial charge in [0.2, 0.25) is 5.91 Å². The number of nitrogens with zero attached hydrogens (tertiary/aromatic N) is 3. The molecular weight excluding hydrogens is 310 g/mol. The number of aromatic nitrogens is 1. The van der Waals surface area contributed by atoms with E-state index in [1.54, 1.807) is 18.3 Å². The molecular formula is C17H27N3O2S. The number of carbonyl (C=O) groups is 1. The molecule has 0 radical (unpaired) electrons. The van der Waals surface area contributed by atoms with E-state index < -0.39 is 5.60 Å². The lowest BCUT2D eigenvalue weighted by molar-refractivity contribution is -0.133. The van der Waals surface area contributed by atoms with E-state index in [9.17, 15) is 9.90 Å². The van der Waals surface area contributed by atoms with E-state index in [1.165, 1.54) is 22.7 Å². The summed E-state index contributed by atoms with van der Waals surface area (Å²) in [5.41, 5.74) is -0.646. The van der Waals surface area contributed by atoms with Gasteiger partial charge in [-0.1, -0.05) is 0 Å². The summed E-state index contributed by atoms with van der Waals surface area (Å²) in [6.07, 6.45) is 5.69. The van der Waals surface area contributed by atoms with Gasteiger partial charge in [0.1, 0.15) is 0 Å². The van der Waals surface area contributed by atoms with Crippen LogP contribution in [-0.2, 0) is 4.79 Å². The molecule has 1 unspecified atom stereocenters. The van der Waals surface area contributed by atoms with E-state index in [0.717, 1.165) is 19.6 Å². The van der Waals surface area contributed by atoms with E-state index in [-0.39, 0.29) is 5.91 Å². The van der Waals surface area contributed by atoms with E-state index >= 15 is 0 Å². The average Bonchev–Trinajstić information content (AvgIpc) is 2.94. The summed E-state index contributed by atoms with van der Waals surface area (Å²) in [6, 6.07) is 0. The zero-order chi connectivity index (χ0) is 16.4. The Morgan fingerprint density at radius 3 is 2.78 bits per heavy atom. The molecule has 1 amide bonds. The molecule has 128 valence electrons. The lowest BCUT2D eigenvalue weighted by atomic mass is 9.89. The molecule has 3 heterocycles. The maximum Gasteiger partial charge on any atom is 0.219 e. The molecule has 0 bridgehead atoms. The van der Waals surface area contributed by atoms with Gasteiger partial charge in [-0.25, -0.2) is 4.98 Å². The summed E-state index contributed by atoms with van der Waals surface area (Å²) in [5, 5.41) is 12.1. The second-order valence-corrected chi connectivity index (χ2v) is 8.38. The number of aryl methyl sites for hydroxylation is 1. The highest BCUT2D eigenvalue weighted by Crippen LogP contribution is 2.32. The van der Waals surface area contributed by atoms with Crippen LogP contribution in [0.4, 0.5) is 0 Å². The third kappa shape index (κ3) is 4.11. The number of piperidine rings is 2. The molecule has 2 aliphatic heterocycles. The summed E-state index contributed by atoms with van der Waals surface area (Å²) < 4.78 is 0. The Labute approximate surface area is 142 Å². The van der Waals surface area contributed by atoms with Crippen molar-refractivity contribution in [1.82, 2.24) is 14.8 Å². The van der Waals surface area contributed by atoms with Gasteiger partial charge in [0.15, 0.2) is 0 Å². The minimum absolute atomic E-state index is 0.115. The van der Waals surface area contributed by atoms with Crippen LogP contribution in [0.3, 0.4) is 0 Å². The molecule has 0 aliphatic carbocycles. The zero-order valence-electron chi connectivity index (χ0n) is 14.1. The van der Waals surface area contributed by atoms with Crippen molar-refractivity contribution in [2.75, 3.05) is 32.7 Å². The quantitative estimate of drug-likeness (QED) is 0.917. The fraction of sp³-hybridized carbons (Fsp3) is 0.765. The Bertz CT molecular complexity index is 552. The van der Waals surface area contributed by atoms with Crippen molar-refractivity contribution in [3.8, 4) is 0 Å². The Morgan fingerprint density at radius 2 is 2.17 bits per heavy atom. The molecule has 2 saturated heterocycles. The summed E-state index contributed by atoms with van der Waals surface area (Å²) >= 11 is 1.80. The maximum atomic E-state index is 11.4. The molecule has 2 aliphatic rings. The third-order valence-electron chi connectivity index (χ3n) is 5.15. The van der Waals surface area contributed by atoms with Crippen LogP contribution in [0.25, 0.3) is 0 Å². The van der Waals surface area contributed by atoms with Gasteiger partial charge in [-0.05, 0) is 39.2 Å². The highest BCUT2D eigenvalue weighted by Gasteiger charge is 2.36. The van der Waals surface area contributed by atoms with E-state index in [1.807, 2.05) is 11.1 Å². The Hall–Kier alpha value is -0.980. The van der Waals surface area contributed by atoms with Crippen LogP contribution >= 0.6 is 11.3 Å². The molecule has 0 aromatic carbocycles. The predicted octanol–water partition coefficient (Wildman–Crippen LogP) is 2.00. The number of likely N-dealkylation sites (tertiary alicyclic amines) is 2. The molecule has 1 N–H and O–H groups in total. The molecule has 23 heavy (non-hydrogen) atoms. The normalized spacial score (nSPS) is 25.5. The monoisotopic (exact) mass is 337 g/mol. The number of aliphatic hydroxyl groups is 1.